The molecule has 128 valence electrons. The van der Waals surface area contributed by atoms with Crippen molar-refractivity contribution in [2.45, 2.75) is 25.7 Å². The Bertz CT molecular complexity index is 563. The summed E-state index contributed by atoms with van der Waals surface area (Å²) >= 11 is 0. The van der Waals surface area contributed by atoms with Crippen LogP contribution in [0.1, 0.15) is 13.3 Å². The molecule has 1 aliphatic rings. The van der Waals surface area contributed by atoms with Crippen LogP contribution in [0, 0.1) is 5.41 Å². The molecule has 2 heterocycles. The molecule has 0 aliphatic carbocycles. The van der Waals surface area contributed by atoms with Crippen LogP contribution in [0.15, 0.2) is 18.3 Å². The molecule has 1 N–H and O–H groups in total. The molecule has 1 atom stereocenters. The summed E-state index contributed by atoms with van der Waals surface area (Å²) in [5.74, 6) is -4.84. The normalized spacial score (nSPS) is 21.5. The van der Waals surface area contributed by atoms with Gasteiger partial charge >= 0.3 is 12.3 Å². The van der Waals surface area contributed by atoms with Gasteiger partial charge in [-0.2, -0.15) is 8.78 Å². The predicted molar refractivity (Wildman–Crippen MR) is 72.9 cm³/mol. The first-order valence-electron chi connectivity index (χ1n) is 6.87. The predicted octanol–water partition coefficient (Wildman–Crippen LogP) is 2.73. The van der Waals surface area contributed by atoms with Crippen molar-refractivity contribution in [1.29, 1.82) is 0 Å². The van der Waals surface area contributed by atoms with Gasteiger partial charge in [0.15, 0.2) is 6.61 Å². The number of pyridine rings is 1. The molecular weight excluding hydrogens is 320 g/mol. The van der Waals surface area contributed by atoms with E-state index in [1.54, 1.807) is 6.92 Å². The highest BCUT2D eigenvalue weighted by molar-refractivity contribution is 5.95. The van der Waals surface area contributed by atoms with Crippen molar-refractivity contribution in [2.75, 3.05) is 25.1 Å². The van der Waals surface area contributed by atoms with Crippen LogP contribution in [-0.2, 0) is 9.53 Å². The van der Waals surface area contributed by atoms with Crippen LogP contribution >= 0.6 is 0 Å². The maximum Gasteiger partial charge on any atom is 0.340 e. The number of anilines is 1. The number of hydrogen-bond donors (Lipinski definition) is 1. The topological polar surface area (TPSA) is 60.5 Å². The SMILES string of the molecule is CC1(C(=O)Nc2ccnc(OCC(F)(F)C(F)F)c2)CCOC1. The fourth-order valence-electron chi connectivity index (χ4n) is 1.93. The average molecular weight is 336 g/mol. The minimum absolute atomic E-state index is 0.272. The van der Waals surface area contributed by atoms with Crippen LogP contribution in [0.4, 0.5) is 23.2 Å². The lowest BCUT2D eigenvalue weighted by Crippen LogP contribution is -2.34. The molecule has 0 saturated carbocycles. The summed E-state index contributed by atoms with van der Waals surface area (Å²) in [6, 6.07) is 2.63. The van der Waals surface area contributed by atoms with E-state index in [-0.39, 0.29) is 24.1 Å². The lowest BCUT2D eigenvalue weighted by molar-refractivity contribution is -0.148. The Morgan fingerprint density at radius 2 is 2.30 bits per heavy atom. The number of carbonyl (C=O) groups excluding carboxylic acids is 1. The van der Waals surface area contributed by atoms with Crippen molar-refractivity contribution in [2.24, 2.45) is 5.41 Å². The van der Waals surface area contributed by atoms with Crippen LogP contribution in [0.5, 0.6) is 5.88 Å². The molecule has 1 unspecified atom stereocenters. The first-order valence-corrected chi connectivity index (χ1v) is 6.87. The van der Waals surface area contributed by atoms with Gasteiger partial charge in [-0.3, -0.25) is 4.79 Å². The molecule has 1 aromatic heterocycles. The van der Waals surface area contributed by atoms with Gasteiger partial charge in [0.25, 0.3) is 0 Å². The molecule has 9 heteroatoms. The molecule has 0 aromatic carbocycles. The second kappa shape index (κ2) is 6.69. The fourth-order valence-corrected chi connectivity index (χ4v) is 1.93. The minimum atomic E-state index is -4.27. The lowest BCUT2D eigenvalue weighted by Gasteiger charge is -2.20. The molecule has 0 spiro atoms. The van der Waals surface area contributed by atoms with E-state index in [0.29, 0.717) is 13.0 Å². The van der Waals surface area contributed by atoms with Crippen LogP contribution in [0.25, 0.3) is 0 Å². The van der Waals surface area contributed by atoms with Gasteiger partial charge in [-0.05, 0) is 19.4 Å². The third-order valence-corrected chi connectivity index (χ3v) is 3.49. The Kier molecular flexibility index (Phi) is 5.08. The highest BCUT2D eigenvalue weighted by atomic mass is 19.3. The van der Waals surface area contributed by atoms with Gasteiger partial charge in [-0.1, -0.05) is 0 Å². The number of rotatable bonds is 6. The molecule has 1 fully saturated rings. The molecule has 1 amide bonds. The Morgan fingerprint density at radius 1 is 1.57 bits per heavy atom. The van der Waals surface area contributed by atoms with Crippen molar-refractivity contribution in [3.05, 3.63) is 18.3 Å². The van der Waals surface area contributed by atoms with Crippen LogP contribution < -0.4 is 10.1 Å². The number of nitrogens with zero attached hydrogens (tertiary/aromatic N) is 1. The molecule has 1 saturated heterocycles. The number of alkyl halides is 4. The minimum Gasteiger partial charge on any atom is -0.471 e. The molecule has 1 aliphatic heterocycles. The summed E-state index contributed by atoms with van der Waals surface area (Å²) in [6.07, 6.45) is -2.04. The molecule has 0 bridgehead atoms. The Hall–Kier alpha value is -1.90. The van der Waals surface area contributed by atoms with Crippen molar-refractivity contribution >= 4 is 11.6 Å². The van der Waals surface area contributed by atoms with Gasteiger partial charge in [0.1, 0.15) is 0 Å². The molecular formula is C14H16F4N2O3. The largest absolute Gasteiger partial charge is 0.471 e. The van der Waals surface area contributed by atoms with E-state index in [4.69, 9.17) is 4.74 Å². The lowest BCUT2D eigenvalue weighted by atomic mass is 9.89. The summed E-state index contributed by atoms with van der Waals surface area (Å²) in [6.45, 7) is 1.02. The van der Waals surface area contributed by atoms with Crippen molar-refractivity contribution in [1.82, 2.24) is 4.98 Å². The van der Waals surface area contributed by atoms with Gasteiger partial charge in [0.2, 0.25) is 11.8 Å². The van der Waals surface area contributed by atoms with Crippen molar-refractivity contribution in [3.8, 4) is 5.88 Å². The quantitative estimate of drug-likeness (QED) is 0.812. The van der Waals surface area contributed by atoms with E-state index in [2.05, 4.69) is 15.0 Å². The van der Waals surface area contributed by atoms with Crippen LogP contribution in [0.2, 0.25) is 0 Å². The molecule has 23 heavy (non-hydrogen) atoms. The van der Waals surface area contributed by atoms with Gasteiger partial charge < -0.3 is 14.8 Å². The van der Waals surface area contributed by atoms with Crippen molar-refractivity contribution < 1.29 is 31.8 Å². The molecule has 2 rings (SSSR count). The number of ether oxygens (including phenoxy) is 2. The summed E-state index contributed by atoms with van der Waals surface area (Å²) in [5.41, 5.74) is -0.402. The van der Waals surface area contributed by atoms with Gasteiger partial charge in [-0.25, -0.2) is 13.8 Å². The Balaban J connectivity index is 1.98. The van der Waals surface area contributed by atoms with Gasteiger partial charge in [0.05, 0.1) is 12.0 Å². The average Bonchev–Trinajstić information content (AvgIpc) is 2.94. The van der Waals surface area contributed by atoms with Gasteiger partial charge in [0, 0.05) is 24.6 Å². The highest BCUT2D eigenvalue weighted by Gasteiger charge is 2.42. The standard InChI is InChI=1S/C14H16F4N2O3/c1-13(3-5-22-7-13)12(21)20-9-2-4-19-10(6-9)23-8-14(17,18)11(15)16/h2,4,6,11H,3,5,7-8H2,1H3,(H,19,20,21). The maximum atomic E-state index is 12.8. The fraction of sp³-hybridized carbons (Fsp3) is 0.571. The summed E-state index contributed by atoms with van der Waals surface area (Å²) in [4.78, 5) is 15.8. The third kappa shape index (κ3) is 4.31. The van der Waals surface area contributed by atoms with E-state index in [0.717, 1.165) is 0 Å². The molecule has 5 nitrogen and oxygen atoms in total. The summed E-state index contributed by atoms with van der Waals surface area (Å²) < 4.78 is 59.5. The van der Waals surface area contributed by atoms with E-state index >= 15 is 0 Å². The second-order valence-corrected chi connectivity index (χ2v) is 5.55. The highest BCUT2D eigenvalue weighted by Crippen LogP contribution is 2.30. The number of hydrogen-bond acceptors (Lipinski definition) is 4. The number of aromatic nitrogens is 1. The number of halogens is 4. The summed E-state index contributed by atoms with van der Waals surface area (Å²) in [5, 5.41) is 2.61. The molecule has 0 radical (unpaired) electrons. The number of amides is 1. The zero-order chi connectivity index (χ0) is 17.1. The zero-order valence-electron chi connectivity index (χ0n) is 12.3. The van der Waals surface area contributed by atoms with Crippen LogP contribution in [0.3, 0.4) is 0 Å². The van der Waals surface area contributed by atoms with Gasteiger partial charge in [-0.15, -0.1) is 0 Å². The molecule has 1 aromatic rings. The van der Waals surface area contributed by atoms with E-state index in [1.165, 1.54) is 18.3 Å². The van der Waals surface area contributed by atoms with Crippen LogP contribution in [-0.4, -0.2) is 43.1 Å². The van der Waals surface area contributed by atoms with E-state index in [1.807, 2.05) is 0 Å². The van der Waals surface area contributed by atoms with E-state index < -0.39 is 24.4 Å². The smallest absolute Gasteiger partial charge is 0.340 e. The zero-order valence-corrected chi connectivity index (χ0v) is 12.3. The third-order valence-electron chi connectivity index (χ3n) is 3.49. The monoisotopic (exact) mass is 336 g/mol. The first kappa shape index (κ1) is 17.5. The Morgan fingerprint density at radius 3 is 2.91 bits per heavy atom. The first-order chi connectivity index (χ1) is 10.7. The maximum absolute atomic E-state index is 12.8. The Labute approximate surface area is 130 Å². The van der Waals surface area contributed by atoms with E-state index in [9.17, 15) is 22.4 Å². The second-order valence-electron chi connectivity index (χ2n) is 5.55. The number of carbonyl (C=O) groups is 1. The summed E-state index contributed by atoms with van der Waals surface area (Å²) in [7, 11) is 0. The number of nitrogens with one attached hydrogen (secondary N) is 1. The van der Waals surface area contributed by atoms with Crippen molar-refractivity contribution in [3.63, 3.8) is 0 Å².